The number of hydrogen-bond acceptors (Lipinski definition) is 13. The number of carbonyl (C=O) groups is 10. The molecule has 0 spiro atoms. The van der Waals surface area contributed by atoms with Crippen molar-refractivity contribution in [1.82, 2.24) is 37.2 Å². The minimum atomic E-state index is -1.59. The Morgan fingerprint density at radius 2 is 0.593 bits per heavy atom. The van der Waals surface area contributed by atoms with Crippen LogP contribution in [0.3, 0.4) is 0 Å². The molecule has 23 heteroatoms. The molecule has 16 N–H and O–H groups in total. The third kappa shape index (κ3) is 24.2. The fourth-order valence-electron chi connectivity index (χ4n) is 8.61. The fourth-order valence-corrected chi connectivity index (χ4v) is 8.61. The van der Waals surface area contributed by atoms with Crippen LogP contribution in [0.1, 0.15) is 86.5 Å². The summed E-state index contributed by atoms with van der Waals surface area (Å²) in [7, 11) is 0. The highest BCUT2D eigenvalue weighted by molar-refractivity contribution is 5.98. The van der Waals surface area contributed by atoms with Crippen molar-refractivity contribution in [3.63, 3.8) is 0 Å². The van der Waals surface area contributed by atoms with Crippen molar-refractivity contribution in [2.45, 2.75) is 138 Å². The molecule has 8 atom stereocenters. The Balaban J connectivity index is 1.64. The second kappa shape index (κ2) is 35.2. The maximum absolute atomic E-state index is 14.7. The van der Waals surface area contributed by atoms with Crippen LogP contribution in [0.5, 0.6) is 0 Å². The number of rotatable bonds is 37. The normalized spacial score (nSPS) is 13.9. The lowest BCUT2D eigenvalue weighted by atomic mass is 10.0. The van der Waals surface area contributed by atoms with Gasteiger partial charge in [0.05, 0.1) is 6.04 Å². The van der Waals surface area contributed by atoms with E-state index in [1.165, 1.54) is 0 Å². The molecule has 81 heavy (non-hydrogen) atoms. The zero-order valence-corrected chi connectivity index (χ0v) is 45.1. The summed E-state index contributed by atoms with van der Waals surface area (Å²) in [6, 6.07) is 22.8. The second-order valence-corrected chi connectivity index (χ2v) is 19.6. The SMILES string of the molecule is NCCCC[C@H](NC(=O)[C@H](Cc1ccccc1)NC(=O)[C@H](CCC(=O)O)NC(=O)[C@H](Cc1ccccc1)NC(=O)[C@@H](N)CCCCN)C(=O)N[C@@H](Cc1ccccc1)C(=O)N[C@@H](CCC(=O)O)C(=O)N[C@@H](Cc1ccccc1)C(=O)O. The molecule has 0 unspecified atom stereocenters. The lowest BCUT2D eigenvalue weighted by molar-refractivity contribution is -0.143. The smallest absolute Gasteiger partial charge is 0.326 e. The maximum atomic E-state index is 14.7. The van der Waals surface area contributed by atoms with E-state index >= 15 is 0 Å². The Kier molecular flexibility index (Phi) is 28.2. The van der Waals surface area contributed by atoms with Crippen LogP contribution in [0.4, 0.5) is 0 Å². The van der Waals surface area contributed by atoms with Gasteiger partial charge in [0, 0.05) is 38.5 Å². The largest absolute Gasteiger partial charge is 0.481 e. The Hall–Kier alpha value is -8.54. The summed E-state index contributed by atoms with van der Waals surface area (Å²) >= 11 is 0. The number of carboxylic acid groups (broad SMARTS) is 3. The summed E-state index contributed by atoms with van der Waals surface area (Å²) in [6.45, 7) is 0.603. The molecular formula is C58H76N10O13. The van der Waals surface area contributed by atoms with Crippen LogP contribution in [0.2, 0.25) is 0 Å². The quantitative estimate of drug-likeness (QED) is 0.0277. The third-order valence-electron chi connectivity index (χ3n) is 13.1. The number of carboxylic acids is 3. The van der Waals surface area contributed by atoms with E-state index in [1.807, 2.05) is 0 Å². The minimum Gasteiger partial charge on any atom is -0.481 e. The molecule has 0 saturated carbocycles. The first-order valence-corrected chi connectivity index (χ1v) is 27.0. The van der Waals surface area contributed by atoms with Gasteiger partial charge in [-0.05, 0) is 80.3 Å². The first-order chi connectivity index (χ1) is 38.9. The van der Waals surface area contributed by atoms with E-state index in [9.17, 15) is 63.3 Å². The van der Waals surface area contributed by atoms with Gasteiger partial charge in [-0.1, -0.05) is 128 Å². The van der Waals surface area contributed by atoms with E-state index in [1.54, 1.807) is 121 Å². The Bertz CT molecular complexity index is 2670. The highest BCUT2D eigenvalue weighted by Gasteiger charge is 2.35. The van der Waals surface area contributed by atoms with Gasteiger partial charge in [-0.3, -0.25) is 43.2 Å². The summed E-state index contributed by atoms with van der Waals surface area (Å²) < 4.78 is 0. The molecular weight excluding hydrogens is 1040 g/mol. The van der Waals surface area contributed by atoms with Gasteiger partial charge < -0.3 is 69.7 Å². The highest BCUT2D eigenvalue weighted by Crippen LogP contribution is 2.13. The molecule has 0 aliphatic heterocycles. The van der Waals surface area contributed by atoms with Crippen LogP contribution in [0.15, 0.2) is 121 Å². The van der Waals surface area contributed by atoms with Crippen molar-refractivity contribution in [2.24, 2.45) is 17.2 Å². The van der Waals surface area contributed by atoms with E-state index < -0.39 is 133 Å². The molecule has 0 heterocycles. The molecule has 4 rings (SSSR count). The highest BCUT2D eigenvalue weighted by atomic mass is 16.4. The third-order valence-corrected chi connectivity index (χ3v) is 13.1. The number of nitrogens with one attached hydrogen (secondary N) is 7. The van der Waals surface area contributed by atoms with Gasteiger partial charge in [0.15, 0.2) is 0 Å². The molecule has 0 bridgehead atoms. The lowest BCUT2D eigenvalue weighted by Crippen LogP contribution is -2.61. The molecule has 0 aromatic heterocycles. The van der Waals surface area contributed by atoms with Crippen LogP contribution in [-0.4, -0.2) is 136 Å². The van der Waals surface area contributed by atoms with Gasteiger partial charge in [-0.15, -0.1) is 0 Å². The number of nitrogens with two attached hydrogens (primary N) is 3. The molecule has 0 aliphatic carbocycles. The topological polar surface area (TPSA) is 394 Å². The summed E-state index contributed by atoms with van der Waals surface area (Å²) in [5.41, 5.74) is 19.9. The molecule has 0 fully saturated rings. The molecule has 23 nitrogen and oxygen atoms in total. The number of benzene rings is 4. The van der Waals surface area contributed by atoms with Crippen molar-refractivity contribution in [3.05, 3.63) is 144 Å². The molecule has 4 aromatic rings. The van der Waals surface area contributed by atoms with E-state index in [-0.39, 0.29) is 51.5 Å². The Labute approximate surface area is 470 Å². The standard InChI is InChI=1S/C58H76N10O13/c59-31-15-13-25-41(61)51(73)65-45(33-37-17-5-1-6-18-37)55(77)63-43(27-29-49(69)70)53(75)67-46(34-38-19-7-2-8-20-38)56(78)62-42(26-14-16-32-60)52(74)66-47(35-39-21-9-3-10-22-39)57(79)64-44(28-30-50(71)72)54(76)68-48(58(80)81)36-40-23-11-4-12-24-40/h1-12,17-24,41-48H,13-16,25-36,59-61H2,(H,62,78)(H,63,77)(H,64,79)(H,65,73)(H,66,74)(H,67,75)(H,68,76)(H,69,70)(H,71,72)(H,80,81)/t41-,42-,43-,44-,45-,46-,47-,48-/m0/s1. The van der Waals surface area contributed by atoms with Gasteiger partial charge in [-0.2, -0.15) is 0 Å². The minimum absolute atomic E-state index is 0.0369. The number of amides is 7. The van der Waals surface area contributed by atoms with Crippen molar-refractivity contribution >= 4 is 59.3 Å². The molecule has 0 aliphatic rings. The van der Waals surface area contributed by atoms with Crippen LogP contribution in [-0.2, 0) is 73.6 Å². The van der Waals surface area contributed by atoms with E-state index in [4.69, 9.17) is 17.2 Å². The van der Waals surface area contributed by atoms with E-state index in [0.717, 1.165) is 0 Å². The number of carbonyl (C=O) groups excluding carboxylic acids is 7. The van der Waals surface area contributed by atoms with E-state index in [2.05, 4.69) is 37.2 Å². The Morgan fingerprint density at radius 1 is 0.333 bits per heavy atom. The average molecular weight is 1120 g/mol. The zero-order valence-electron chi connectivity index (χ0n) is 45.1. The summed E-state index contributed by atoms with van der Waals surface area (Å²) in [6.07, 6.45) is -0.524. The van der Waals surface area contributed by atoms with Crippen molar-refractivity contribution in [2.75, 3.05) is 13.1 Å². The summed E-state index contributed by atoms with van der Waals surface area (Å²) in [5, 5.41) is 47.6. The molecule has 0 saturated heterocycles. The van der Waals surface area contributed by atoms with Crippen LogP contribution < -0.4 is 54.4 Å². The maximum Gasteiger partial charge on any atom is 0.326 e. The summed E-state index contributed by atoms with van der Waals surface area (Å²) in [5.74, 6) is -10.1. The van der Waals surface area contributed by atoms with Gasteiger partial charge in [0.25, 0.3) is 0 Å². The van der Waals surface area contributed by atoms with Crippen LogP contribution in [0.25, 0.3) is 0 Å². The number of hydrogen-bond donors (Lipinski definition) is 13. The van der Waals surface area contributed by atoms with Gasteiger partial charge in [-0.25, -0.2) is 4.79 Å². The molecule has 4 aromatic carbocycles. The zero-order chi connectivity index (χ0) is 59.1. The second-order valence-electron chi connectivity index (χ2n) is 19.6. The average Bonchev–Trinajstić information content (AvgIpc) is 3.45. The molecule has 7 amide bonds. The number of unbranched alkanes of at least 4 members (excludes halogenated alkanes) is 2. The monoisotopic (exact) mass is 1120 g/mol. The van der Waals surface area contributed by atoms with Crippen molar-refractivity contribution < 1.29 is 63.3 Å². The summed E-state index contributed by atoms with van der Waals surface area (Å²) in [4.78, 5) is 135. The van der Waals surface area contributed by atoms with Crippen molar-refractivity contribution in [3.8, 4) is 0 Å². The van der Waals surface area contributed by atoms with Gasteiger partial charge in [0.1, 0.15) is 42.3 Å². The first kappa shape index (κ1) is 65.0. The van der Waals surface area contributed by atoms with E-state index in [0.29, 0.717) is 48.1 Å². The van der Waals surface area contributed by atoms with Crippen LogP contribution in [0, 0.1) is 0 Å². The predicted molar refractivity (Wildman–Crippen MR) is 299 cm³/mol. The van der Waals surface area contributed by atoms with Gasteiger partial charge >= 0.3 is 17.9 Å². The first-order valence-electron chi connectivity index (χ1n) is 27.0. The fraction of sp³-hybridized carbons (Fsp3) is 0.414. The molecule has 436 valence electrons. The lowest BCUT2D eigenvalue weighted by Gasteiger charge is -2.28. The Morgan fingerprint density at radius 3 is 0.901 bits per heavy atom. The van der Waals surface area contributed by atoms with Crippen molar-refractivity contribution in [1.29, 1.82) is 0 Å². The van der Waals surface area contributed by atoms with Gasteiger partial charge in [0.2, 0.25) is 41.4 Å². The van der Waals surface area contributed by atoms with Crippen LogP contribution >= 0.6 is 0 Å². The predicted octanol–water partition coefficient (Wildman–Crippen LogP) is 0.750. The molecule has 0 radical (unpaired) electrons. The number of aliphatic carboxylic acids is 3.